The minimum atomic E-state index is -4.19. The van der Waals surface area contributed by atoms with Crippen molar-refractivity contribution in [2.24, 2.45) is 0 Å². The maximum atomic E-state index is 13.2. The summed E-state index contributed by atoms with van der Waals surface area (Å²) in [5, 5.41) is 28.0. The van der Waals surface area contributed by atoms with Gasteiger partial charge in [0.2, 0.25) is 10.0 Å². The first-order valence-electron chi connectivity index (χ1n) is 8.96. The highest BCUT2D eigenvalue weighted by molar-refractivity contribution is 7.92. The van der Waals surface area contributed by atoms with Crippen LogP contribution in [0.1, 0.15) is 16.8 Å². The minimum Gasteiger partial charge on any atom is -0.393 e. The van der Waals surface area contributed by atoms with Gasteiger partial charge in [0.05, 0.1) is 28.0 Å². The Kier molecular flexibility index (Phi) is 5.74. The molecule has 0 bridgehead atoms. The van der Waals surface area contributed by atoms with Crippen LogP contribution in [0.2, 0.25) is 0 Å². The van der Waals surface area contributed by atoms with Crippen molar-refractivity contribution in [2.45, 2.75) is 34.5 Å². The maximum absolute atomic E-state index is 13.2. The molecule has 11 heteroatoms. The van der Waals surface area contributed by atoms with Gasteiger partial charge in [-0.3, -0.25) is 4.98 Å². The lowest BCUT2D eigenvalue weighted by atomic mass is 10.1. The number of β-amino-alcohol motifs (C(OH)–C–C–N with tert-alkyl or cyclic N) is 1. The van der Waals surface area contributed by atoms with E-state index in [1.54, 1.807) is 6.92 Å². The molecule has 0 spiro atoms. The molecule has 1 aliphatic heterocycles. The largest absolute Gasteiger partial charge is 0.393 e. The summed E-state index contributed by atoms with van der Waals surface area (Å²) in [5.41, 5.74) is -0.988. The molecule has 2 heterocycles. The van der Waals surface area contributed by atoms with Crippen molar-refractivity contribution >= 4 is 19.9 Å². The van der Waals surface area contributed by atoms with Crippen LogP contribution in [0.5, 0.6) is 0 Å². The van der Waals surface area contributed by atoms with Crippen LogP contribution < -0.4 is 0 Å². The highest BCUT2D eigenvalue weighted by atomic mass is 32.2. The molecule has 2 atom stereocenters. The third kappa shape index (κ3) is 3.73. The summed E-state index contributed by atoms with van der Waals surface area (Å²) in [4.78, 5) is 3.68. The normalized spacial score (nSPS) is 22.7. The Morgan fingerprint density at radius 1 is 1.23 bits per heavy atom. The second-order valence-electron chi connectivity index (χ2n) is 7.32. The van der Waals surface area contributed by atoms with Crippen molar-refractivity contribution in [2.75, 3.05) is 19.7 Å². The lowest BCUT2D eigenvalue weighted by Crippen LogP contribution is -2.49. The number of aryl methyl sites for hydroxylation is 2. The van der Waals surface area contributed by atoms with Crippen LogP contribution in [0.3, 0.4) is 0 Å². The zero-order valence-corrected chi connectivity index (χ0v) is 18.0. The fourth-order valence-electron chi connectivity index (χ4n) is 3.48. The SMILES string of the molecule is Cc1ccc(S(=O)(=O)[C@H]2CN(S(=O)(=O)c3ccc(C#N)cc3C)C[C@@]2(O)CO)cn1. The molecule has 0 unspecified atom stereocenters. The van der Waals surface area contributed by atoms with E-state index in [1.165, 1.54) is 37.3 Å². The summed E-state index contributed by atoms with van der Waals surface area (Å²) in [5.74, 6) is 0. The zero-order valence-electron chi connectivity index (χ0n) is 16.3. The third-order valence-electron chi connectivity index (χ3n) is 5.20. The van der Waals surface area contributed by atoms with Gasteiger partial charge in [-0.25, -0.2) is 16.8 Å². The average molecular weight is 452 g/mol. The molecule has 1 saturated heterocycles. The number of sulfone groups is 1. The number of nitriles is 1. The van der Waals surface area contributed by atoms with Gasteiger partial charge in [0.1, 0.15) is 10.9 Å². The maximum Gasteiger partial charge on any atom is 0.243 e. The van der Waals surface area contributed by atoms with Gasteiger partial charge in [-0.2, -0.15) is 9.57 Å². The lowest BCUT2D eigenvalue weighted by Gasteiger charge is -2.26. The number of aromatic nitrogens is 1. The molecule has 0 radical (unpaired) electrons. The number of benzene rings is 1. The molecule has 9 nitrogen and oxygen atoms in total. The van der Waals surface area contributed by atoms with Crippen molar-refractivity contribution in [3.05, 3.63) is 53.3 Å². The van der Waals surface area contributed by atoms with E-state index in [2.05, 4.69) is 4.98 Å². The van der Waals surface area contributed by atoms with Gasteiger partial charge in [0.25, 0.3) is 0 Å². The molecular formula is C19H21N3O6S2. The second kappa shape index (κ2) is 7.72. The van der Waals surface area contributed by atoms with E-state index in [1.807, 2.05) is 6.07 Å². The lowest BCUT2D eigenvalue weighted by molar-refractivity contribution is 0.00159. The first-order valence-corrected chi connectivity index (χ1v) is 11.9. The summed E-state index contributed by atoms with van der Waals surface area (Å²) >= 11 is 0. The first-order chi connectivity index (χ1) is 14.0. The standard InChI is InChI=1S/C19H21N3O6S2/c1-13-7-15(8-20)4-6-17(13)30(27,28)22-10-18(19(24,11-22)12-23)29(25,26)16-5-3-14(2)21-9-16/h3-7,9,18,23-24H,10-12H2,1-2H3/t18-,19+/m0/s1. The number of hydrogen-bond donors (Lipinski definition) is 2. The third-order valence-corrected chi connectivity index (χ3v) is 9.41. The number of sulfonamides is 1. The van der Waals surface area contributed by atoms with Crippen molar-refractivity contribution in [1.29, 1.82) is 5.26 Å². The Bertz CT molecular complexity index is 1220. The van der Waals surface area contributed by atoms with Gasteiger partial charge < -0.3 is 10.2 Å². The molecular weight excluding hydrogens is 430 g/mol. The van der Waals surface area contributed by atoms with Crippen LogP contribution in [0.4, 0.5) is 0 Å². The Hall–Kier alpha value is -2.36. The number of aliphatic hydroxyl groups excluding tert-OH is 1. The fourth-order valence-corrected chi connectivity index (χ4v) is 7.19. The van der Waals surface area contributed by atoms with Crippen LogP contribution in [0, 0.1) is 25.2 Å². The first kappa shape index (κ1) is 22.3. The van der Waals surface area contributed by atoms with Crippen LogP contribution >= 0.6 is 0 Å². The van der Waals surface area contributed by atoms with Crippen LogP contribution in [0.15, 0.2) is 46.3 Å². The minimum absolute atomic E-state index is 0.100. The Labute approximate surface area is 175 Å². The average Bonchev–Trinajstić information content (AvgIpc) is 3.08. The molecule has 1 aromatic carbocycles. The number of aliphatic hydroxyl groups is 2. The van der Waals surface area contributed by atoms with Gasteiger partial charge in [0.15, 0.2) is 9.84 Å². The van der Waals surface area contributed by atoms with Crippen LogP contribution in [0.25, 0.3) is 0 Å². The van der Waals surface area contributed by atoms with E-state index < -0.39 is 50.4 Å². The van der Waals surface area contributed by atoms with Gasteiger partial charge in [-0.15, -0.1) is 0 Å². The summed E-state index contributed by atoms with van der Waals surface area (Å²) in [6.45, 7) is 1.15. The number of pyridine rings is 1. The molecule has 1 fully saturated rings. The van der Waals surface area contributed by atoms with Crippen LogP contribution in [-0.2, 0) is 19.9 Å². The predicted molar refractivity (Wildman–Crippen MR) is 107 cm³/mol. The summed E-state index contributed by atoms with van der Waals surface area (Å²) in [6.07, 6.45) is 1.14. The molecule has 0 amide bonds. The summed E-state index contributed by atoms with van der Waals surface area (Å²) in [7, 11) is -8.38. The molecule has 0 aliphatic carbocycles. The van der Waals surface area contributed by atoms with E-state index in [0.717, 1.165) is 10.5 Å². The zero-order chi connectivity index (χ0) is 22.3. The van der Waals surface area contributed by atoms with Gasteiger partial charge >= 0.3 is 0 Å². The number of rotatable bonds is 5. The Morgan fingerprint density at radius 2 is 1.93 bits per heavy atom. The van der Waals surface area contributed by atoms with E-state index in [4.69, 9.17) is 5.26 Å². The smallest absolute Gasteiger partial charge is 0.243 e. The quantitative estimate of drug-likeness (QED) is 0.652. The van der Waals surface area contributed by atoms with Gasteiger partial charge in [-0.05, 0) is 49.7 Å². The summed E-state index contributed by atoms with van der Waals surface area (Å²) in [6, 6.07) is 8.77. The van der Waals surface area contributed by atoms with E-state index in [-0.39, 0.29) is 15.4 Å². The number of hydrogen-bond acceptors (Lipinski definition) is 8. The molecule has 0 saturated carbocycles. The number of nitrogens with zero attached hydrogens (tertiary/aromatic N) is 3. The molecule has 2 N–H and O–H groups in total. The molecule has 1 aromatic heterocycles. The molecule has 30 heavy (non-hydrogen) atoms. The highest BCUT2D eigenvalue weighted by Gasteiger charge is 2.55. The molecule has 2 aromatic rings. The van der Waals surface area contributed by atoms with Crippen molar-refractivity contribution in [3.63, 3.8) is 0 Å². The van der Waals surface area contributed by atoms with Crippen LogP contribution in [-0.4, -0.2) is 66.9 Å². The fraction of sp³-hybridized carbons (Fsp3) is 0.368. The summed E-state index contributed by atoms with van der Waals surface area (Å²) < 4.78 is 53.4. The molecule has 1 aliphatic rings. The molecule has 160 valence electrons. The highest BCUT2D eigenvalue weighted by Crippen LogP contribution is 2.35. The van der Waals surface area contributed by atoms with Gasteiger partial charge in [-0.1, -0.05) is 0 Å². The van der Waals surface area contributed by atoms with E-state index >= 15 is 0 Å². The van der Waals surface area contributed by atoms with Gasteiger partial charge in [0, 0.05) is 25.0 Å². The monoisotopic (exact) mass is 451 g/mol. The van der Waals surface area contributed by atoms with Crippen molar-refractivity contribution in [3.8, 4) is 6.07 Å². The molecule has 3 rings (SSSR count). The second-order valence-corrected chi connectivity index (χ2v) is 11.4. The van der Waals surface area contributed by atoms with E-state index in [9.17, 15) is 27.0 Å². The van der Waals surface area contributed by atoms with Crippen molar-refractivity contribution in [1.82, 2.24) is 9.29 Å². The Balaban J connectivity index is 2.02. The Morgan fingerprint density at radius 3 is 2.47 bits per heavy atom. The van der Waals surface area contributed by atoms with E-state index in [0.29, 0.717) is 11.3 Å². The van der Waals surface area contributed by atoms with Crippen molar-refractivity contribution < 1.29 is 27.0 Å². The topological polar surface area (TPSA) is 149 Å². The predicted octanol–water partition coefficient (Wildman–Crippen LogP) is 0.140.